The van der Waals surface area contributed by atoms with E-state index in [0.717, 1.165) is 0 Å². The zero-order valence-electron chi connectivity index (χ0n) is 14.0. The standard InChI is InChI=1S/C14H14ClF3N4O5S/c15-11-10(22(25)26)12(21-13(20-11)28-4-3-14(16,17)18)19-7-1-2-8(5-7)27-6-9(23)24/h1-2,7-8H,3-6H2,(H,23,24)(H,19,20,21). The van der Waals surface area contributed by atoms with Gasteiger partial charge in [-0.25, -0.2) is 9.78 Å². The predicted molar refractivity (Wildman–Crippen MR) is 93.6 cm³/mol. The van der Waals surface area contributed by atoms with E-state index in [9.17, 15) is 28.1 Å². The van der Waals surface area contributed by atoms with Crippen LogP contribution in [0.4, 0.5) is 24.7 Å². The van der Waals surface area contributed by atoms with Crippen LogP contribution in [-0.2, 0) is 9.53 Å². The first-order valence-electron chi connectivity index (χ1n) is 7.75. The van der Waals surface area contributed by atoms with E-state index in [1.165, 1.54) is 0 Å². The molecule has 0 spiro atoms. The summed E-state index contributed by atoms with van der Waals surface area (Å²) in [7, 11) is 0. The number of halogens is 4. The Kier molecular flexibility index (Phi) is 7.43. The second-order valence-corrected chi connectivity index (χ2v) is 7.00. The van der Waals surface area contributed by atoms with Crippen LogP contribution in [0.2, 0.25) is 5.15 Å². The number of nitrogens with zero attached hydrogens (tertiary/aromatic N) is 3. The zero-order chi connectivity index (χ0) is 20.9. The fourth-order valence-corrected chi connectivity index (χ4v) is 3.36. The lowest BCUT2D eigenvalue weighted by molar-refractivity contribution is -0.384. The van der Waals surface area contributed by atoms with Crippen molar-refractivity contribution in [2.45, 2.75) is 36.3 Å². The van der Waals surface area contributed by atoms with Crippen molar-refractivity contribution in [3.05, 3.63) is 27.4 Å². The molecule has 2 N–H and O–H groups in total. The van der Waals surface area contributed by atoms with Crippen molar-refractivity contribution >= 4 is 40.8 Å². The summed E-state index contributed by atoms with van der Waals surface area (Å²) in [6.07, 6.45) is -2.45. The monoisotopic (exact) mass is 442 g/mol. The number of carbonyl (C=O) groups is 1. The molecule has 154 valence electrons. The Labute approximate surface area is 165 Å². The van der Waals surface area contributed by atoms with E-state index in [2.05, 4.69) is 15.3 Å². The van der Waals surface area contributed by atoms with Gasteiger partial charge in [0.25, 0.3) is 0 Å². The van der Waals surface area contributed by atoms with Crippen LogP contribution in [0.3, 0.4) is 0 Å². The molecule has 2 unspecified atom stereocenters. The number of carboxylic acids is 1. The topological polar surface area (TPSA) is 127 Å². The van der Waals surface area contributed by atoms with E-state index in [4.69, 9.17) is 21.4 Å². The van der Waals surface area contributed by atoms with E-state index >= 15 is 0 Å². The van der Waals surface area contributed by atoms with Gasteiger partial charge in [-0.15, -0.1) is 0 Å². The second kappa shape index (κ2) is 9.39. The largest absolute Gasteiger partial charge is 0.480 e. The first kappa shape index (κ1) is 22.2. The molecule has 1 aliphatic carbocycles. The molecule has 1 heterocycles. The van der Waals surface area contributed by atoms with Gasteiger partial charge in [-0.2, -0.15) is 18.2 Å². The fraction of sp³-hybridized carbons (Fsp3) is 0.500. The summed E-state index contributed by atoms with van der Waals surface area (Å²) in [5.41, 5.74) is -0.606. The van der Waals surface area contributed by atoms with Crippen LogP contribution in [0, 0.1) is 10.1 Å². The summed E-state index contributed by atoms with van der Waals surface area (Å²) in [6.45, 7) is -0.499. The number of alkyl halides is 3. The van der Waals surface area contributed by atoms with E-state index in [0.29, 0.717) is 11.8 Å². The van der Waals surface area contributed by atoms with Gasteiger partial charge in [0.05, 0.1) is 17.4 Å². The molecule has 2 atom stereocenters. The number of hydrogen-bond donors (Lipinski definition) is 2. The lowest BCUT2D eigenvalue weighted by Gasteiger charge is -2.15. The summed E-state index contributed by atoms with van der Waals surface area (Å²) < 4.78 is 41.9. The van der Waals surface area contributed by atoms with Crippen molar-refractivity contribution in [3.63, 3.8) is 0 Å². The van der Waals surface area contributed by atoms with Crippen molar-refractivity contribution < 1.29 is 32.7 Å². The minimum Gasteiger partial charge on any atom is -0.480 e. The number of thioether (sulfide) groups is 1. The maximum absolute atomic E-state index is 12.3. The van der Waals surface area contributed by atoms with Crippen LogP contribution < -0.4 is 5.32 Å². The normalized spacial score (nSPS) is 19.0. The van der Waals surface area contributed by atoms with Crippen molar-refractivity contribution in [1.82, 2.24) is 9.97 Å². The minimum absolute atomic E-state index is 0.136. The van der Waals surface area contributed by atoms with Gasteiger partial charge in [-0.1, -0.05) is 35.5 Å². The third-order valence-corrected chi connectivity index (χ3v) is 4.52. The van der Waals surface area contributed by atoms with E-state index in [1.54, 1.807) is 12.2 Å². The highest BCUT2D eigenvalue weighted by molar-refractivity contribution is 7.99. The smallest absolute Gasteiger partial charge is 0.389 e. The highest BCUT2D eigenvalue weighted by atomic mass is 35.5. The SMILES string of the molecule is O=C(O)COC1C=CC(Nc2nc(SCCC(F)(F)F)nc(Cl)c2[N+](=O)[O-])C1. The van der Waals surface area contributed by atoms with Crippen LogP contribution in [-0.4, -0.2) is 56.6 Å². The van der Waals surface area contributed by atoms with Gasteiger partial charge in [0.2, 0.25) is 11.0 Å². The molecule has 0 fully saturated rings. The molecule has 0 saturated heterocycles. The molecule has 1 aromatic heterocycles. The van der Waals surface area contributed by atoms with Gasteiger partial charge in [0.15, 0.2) is 5.16 Å². The van der Waals surface area contributed by atoms with E-state index < -0.39 is 53.1 Å². The van der Waals surface area contributed by atoms with Gasteiger partial charge in [-0.3, -0.25) is 10.1 Å². The maximum atomic E-state index is 12.3. The van der Waals surface area contributed by atoms with Crippen molar-refractivity contribution in [3.8, 4) is 0 Å². The highest BCUT2D eigenvalue weighted by Gasteiger charge is 2.29. The molecule has 0 aromatic carbocycles. The van der Waals surface area contributed by atoms with Gasteiger partial charge < -0.3 is 15.2 Å². The molecule has 0 saturated carbocycles. The number of nitrogens with one attached hydrogen (secondary N) is 1. The quantitative estimate of drug-likeness (QED) is 0.148. The average Bonchev–Trinajstić information content (AvgIpc) is 2.98. The van der Waals surface area contributed by atoms with Crippen molar-refractivity contribution in [2.75, 3.05) is 17.7 Å². The number of carboxylic acid groups (broad SMARTS) is 1. The molecular weight excluding hydrogens is 429 g/mol. The molecule has 0 bridgehead atoms. The Hall–Kier alpha value is -2.12. The Morgan fingerprint density at radius 3 is 2.79 bits per heavy atom. The molecule has 1 aliphatic rings. The van der Waals surface area contributed by atoms with Crippen LogP contribution >= 0.6 is 23.4 Å². The summed E-state index contributed by atoms with van der Waals surface area (Å²) >= 11 is 6.49. The van der Waals surface area contributed by atoms with Crippen molar-refractivity contribution in [2.24, 2.45) is 0 Å². The number of rotatable bonds is 9. The number of ether oxygens (including phenoxy) is 1. The van der Waals surface area contributed by atoms with Gasteiger partial charge in [0, 0.05) is 18.2 Å². The van der Waals surface area contributed by atoms with Gasteiger partial charge in [-0.05, 0) is 0 Å². The number of nitro groups is 1. The number of aromatic nitrogens is 2. The Bertz CT molecular complexity index is 780. The first-order chi connectivity index (χ1) is 13.0. The average molecular weight is 443 g/mol. The second-order valence-electron chi connectivity index (χ2n) is 5.58. The molecule has 0 amide bonds. The molecule has 0 aliphatic heterocycles. The molecule has 0 radical (unpaired) electrons. The minimum atomic E-state index is -4.35. The number of aliphatic carboxylic acids is 1. The van der Waals surface area contributed by atoms with Crippen LogP contribution in [0.1, 0.15) is 12.8 Å². The first-order valence-corrected chi connectivity index (χ1v) is 9.11. The van der Waals surface area contributed by atoms with E-state index in [1.807, 2.05) is 0 Å². The van der Waals surface area contributed by atoms with E-state index in [-0.39, 0.29) is 23.1 Å². The lowest BCUT2D eigenvalue weighted by atomic mass is 10.2. The van der Waals surface area contributed by atoms with Gasteiger partial charge >= 0.3 is 17.8 Å². The highest BCUT2D eigenvalue weighted by Crippen LogP contribution is 2.34. The zero-order valence-corrected chi connectivity index (χ0v) is 15.6. The predicted octanol–water partition coefficient (Wildman–Crippen LogP) is 3.29. The van der Waals surface area contributed by atoms with Crippen LogP contribution in [0.25, 0.3) is 0 Å². The Morgan fingerprint density at radius 2 is 2.18 bits per heavy atom. The summed E-state index contributed by atoms with van der Waals surface area (Å²) in [5, 5.41) is 22.0. The molecule has 14 heteroatoms. The lowest BCUT2D eigenvalue weighted by Crippen LogP contribution is -2.22. The Balaban J connectivity index is 2.10. The maximum Gasteiger partial charge on any atom is 0.389 e. The van der Waals surface area contributed by atoms with Crippen LogP contribution in [0.5, 0.6) is 0 Å². The third-order valence-electron chi connectivity index (χ3n) is 3.41. The molecule has 1 aromatic rings. The Morgan fingerprint density at radius 1 is 1.46 bits per heavy atom. The molecule has 9 nitrogen and oxygen atoms in total. The summed E-state index contributed by atoms with van der Waals surface area (Å²) in [5.74, 6) is -1.75. The fourth-order valence-electron chi connectivity index (χ4n) is 2.24. The van der Waals surface area contributed by atoms with Crippen LogP contribution in [0.15, 0.2) is 17.3 Å². The van der Waals surface area contributed by atoms with Crippen molar-refractivity contribution in [1.29, 1.82) is 0 Å². The molecule has 2 rings (SSSR count). The van der Waals surface area contributed by atoms with Gasteiger partial charge in [0.1, 0.15) is 6.61 Å². The third kappa shape index (κ3) is 6.80. The molecule has 28 heavy (non-hydrogen) atoms. The summed E-state index contributed by atoms with van der Waals surface area (Å²) in [4.78, 5) is 28.6. The number of anilines is 1. The summed E-state index contributed by atoms with van der Waals surface area (Å²) in [6, 6.07) is -0.475. The number of hydrogen-bond acceptors (Lipinski definition) is 8. The molecular formula is C14H14ClF3N4O5S.